The molecular weight excluding hydrogens is 338 g/mol. The van der Waals surface area contributed by atoms with E-state index < -0.39 is 11.6 Å². The molecule has 2 aromatic carbocycles. The molecule has 26 heavy (non-hydrogen) atoms. The maximum atomic E-state index is 13.1. The van der Waals surface area contributed by atoms with Crippen LogP contribution in [0.3, 0.4) is 0 Å². The average molecular weight is 364 g/mol. The second kappa shape index (κ2) is 12.1. The fraction of sp³-hybridized carbons (Fsp3) is 0.400. The SMILES string of the molecule is CC.O=[N+]([O-])c1ccc(CC(CF)NCCCc2ccc(F)cc2)cc1. The summed E-state index contributed by atoms with van der Waals surface area (Å²) in [5.74, 6) is -0.252. The number of nitrogens with zero attached hydrogens (tertiary/aromatic N) is 1. The number of nitrogens with one attached hydrogen (secondary N) is 1. The van der Waals surface area contributed by atoms with Crippen molar-refractivity contribution in [3.8, 4) is 0 Å². The summed E-state index contributed by atoms with van der Waals surface area (Å²) in [6, 6.07) is 12.2. The Kier molecular flexibility index (Phi) is 10.1. The zero-order chi connectivity index (χ0) is 19.4. The highest BCUT2D eigenvalue weighted by molar-refractivity contribution is 5.33. The van der Waals surface area contributed by atoms with Gasteiger partial charge >= 0.3 is 0 Å². The van der Waals surface area contributed by atoms with Crippen LogP contribution in [0.2, 0.25) is 0 Å². The van der Waals surface area contributed by atoms with E-state index in [1.165, 1.54) is 24.3 Å². The molecule has 0 aliphatic rings. The third kappa shape index (κ3) is 7.70. The van der Waals surface area contributed by atoms with Crippen molar-refractivity contribution in [3.63, 3.8) is 0 Å². The van der Waals surface area contributed by atoms with E-state index >= 15 is 0 Å². The fourth-order valence-corrected chi connectivity index (χ4v) is 2.47. The van der Waals surface area contributed by atoms with Gasteiger partial charge in [-0.1, -0.05) is 38.1 Å². The Morgan fingerprint density at radius 1 is 1.04 bits per heavy atom. The van der Waals surface area contributed by atoms with Gasteiger partial charge < -0.3 is 5.32 Å². The molecule has 1 atom stereocenters. The molecule has 0 spiro atoms. The first-order valence-corrected chi connectivity index (χ1v) is 8.85. The molecule has 0 heterocycles. The number of aryl methyl sites for hydroxylation is 1. The van der Waals surface area contributed by atoms with Gasteiger partial charge in [0.1, 0.15) is 12.5 Å². The monoisotopic (exact) mass is 364 g/mol. The van der Waals surface area contributed by atoms with Gasteiger partial charge in [-0.3, -0.25) is 10.1 Å². The lowest BCUT2D eigenvalue weighted by molar-refractivity contribution is -0.384. The van der Waals surface area contributed by atoms with Crippen LogP contribution in [0, 0.1) is 15.9 Å². The minimum atomic E-state index is -0.506. The van der Waals surface area contributed by atoms with Gasteiger partial charge in [0.15, 0.2) is 0 Å². The summed E-state index contributed by atoms with van der Waals surface area (Å²) >= 11 is 0. The lowest BCUT2D eigenvalue weighted by Crippen LogP contribution is -2.34. The molecule has 0 saturated heterocycles. The molecule has 0 saturated carbocycles. The van der Waals surface area contributed by atoms with E-state index in [0.717, 1.165) is 24.0 Å². The van der Waals surface area contributed by atoms with Crippen LogP contribution in [0.1, 0.15) is 31.4 Å². The molecule has 0 aliphatic carbocycles. The minimum absolute atomic E-state index is 0.0304. The standard InChI is InChI=1S/C18H20F2N2O2.C2H6/c19-13-17(12-15-5-9-18(10-6-15)22(23)24)21-11-1-2-14-3-7-16(20)8-4-14;1-2/h3-10,17,21H,1-2,11-13H2;1-2H3. The van der Waals surface area contributed by atoms with Crippen LogP contribution in [-0.2, 0) is 12.8 Å². The normalized spacial score (nSPS) is 11.4. The lowest BCUT2D eigenvalue weighted by atomic mass is 10.1. The molecular formula is C20H26F2N2O2. The Balaban J connectivity index is 0.00000163. The highest BCUT2D eigenvalue weighted by atomic mass is 19.1. The van der Waals surface area contributed by atoms with Crippen molar-refractivity contribution >= 4 is 5.69 Å². The predicted octanol–water partition coefficient (Wildman–Crippen LogP) is 4.86. The molecule has 142 valence electrons. The van der Waals surface area contributed by atoms with Crippen molar-refractivity contribution in [2.24, 2.45) is 0 Å². The van der Waals surface area contributed by atoms with Crippen molar-refractivity contribution in [1.29, 1.82) is 0 Å². The second-order valence-corrected chi connectivity index (χ2v) is 5.66. The molecule has 2 aromatic rings. The molecule has 6 heteroatoms. The van der Waals surface area contributed by atoms with Gasteiger partial charge in [0.05, 0.1) is 4.92 Å². The number of nitro benzene ring substituents is 1. The van der Waals surface area contributed by atoms with E-state index in [9.17, 15) is 18.9 Å². The molecule has 0 radical (unpaired) electrons. The number of benzene rings is 2. The Morgan fingerprint density at radius 3 is 2.15 bits per heavy atom. The predicted molar refractivity (Wildman–Crippen MR) is 101 cm³/mol. The Bertz CT molecular complexity index is 646. The highest BCUT2D eigenvalue weighted by Gasteiger charge is 2.10. The quantitative estimate of drug-likeness (QED) is 0.393. The Hall–Kier alpha value is -2.34. The van der Waals surface area contributed by atoms with Crippen LogP contribution in [0.25, 0.3) is 0 Å². The summed E-state index contributed by atoms with van der Waals surface area (Å²) in [6.45, 7) is 4.15. The van der Waals surface area contributed by atoms with Gasteiger partial charge in [-0.2, -0.15) is 0 Å². The maximum absolute atomic E-state index is 13.1. The zero-order valence-corrected chi connectivity index (χ0v) is 15.3. The first-order valence-electron chi connectivity index (χ1n) is 8.85. The summed E-state index contributed by atoms with van der Waals surface area (Å²) in [6.07, 6.45) is 2.09. The topological polar surface area (TPSA) is 55.2 Å². The Labute approximate surface area is 153 Å². The summed E-state index contributed by atoms with van der Waals surface area (Å²) in [7, 11) is 0. The average Bonchev–Trinajstić information content (AvgIpc) is 2.67. The molecule has 0 amide bonds. The maximum Gasteiger partial charge on any atom is 0.269 e. The molecule has 1 N–H and O–H groups in total. The van der Waals surface area contributed by atoms with Gasteiger partial charge in [0, 0.05) is 18.2 Å². The van der Waals surface area contributed by atoms with Crippen molar-refractivity contribution < 1.29 is 13.7 Å². The van der Waals surface area contributed by atoms with Crippen molar-refractivity contribution in [1.82, 2.24) is 5.32 Å². The molecule has 0 bridgehead atoms. The highest BCUT2D eigenvalue weighted by Crippen LogP contribution is 2.13. The molecule has 2 rings (SSSR count). The Morgan fingerprint density at radius 2 is 1.62 bits per heavy atom. The van der Waals surface area contributed by atoms with Gasteiger partial charge in [0.25, 0.3) is 5.69 Å². The van der Waals surface area contributed by atoms with E-state index in [4.69, 9.17) is 0 Å². The second-order valence-electron chi connectivity index (χ2n) is 5.66. The van der Waals surface area contributed by atoms with E-state index in [0.29, 0.717) is 13.0 Å². The van der Waals surface area contributed by atoms with Crippen LogP contribution in [0.15, 0.2) is 48.5 Å². The summed E-state index contributed by atoms with van der Waals surface area (Å²) in [5.41, 5.74) is 1.93. The zero-order valence-electron chi connectivity index (χ0n) is 15.3. The van der Waals surface area contributed by atoms with Crippen LogP contribution in [-0.4, -0.2) is 24.2 Å². The van der Waals surface area contributed by atoms with Crippen LogP contribution in [0.5, 0.6) is 0 Å². The van der Waals surface area contributed by atoms with Gasteiger partial charge in [0.2, 0.25) is 0 Å². The van der Waals surface area contributed by atoms with Crippen molar-refractivity contribution in [2.75, 3.05) is 13.2 Å². The van der Waals surface area contributed by atoms with Crippen molar-refractivity contribution in [2.45, 2.75) is 39.2 Å². The van der Waals surface area contributed by atoms with Gasteiger partial charge in [-0.05, 0) is 49.1 Å². The summed E-state index contributed by atoms with van der Waals surface area (Å²) < 4.78 is 25.9. The fourth-order valence-electron chi connectivity index (χ4n) is 2.47. The number of hydrogen-bond donors (Lipinski definition) is 1. The van der Waals surface area contributed by atoms with E-state index in [-0.39, 0.29) is 17.5 Å². The van der Waals surface area contributed by atoms with Gasteiger partial charge in [-0.25, -0.2) is 8.78 Å². The first-order chi connectivity index (χ1) is 12.6. The minimum Gasteiger partial charge on any atom is -0.311 e. The molecule has 4 nitrogen and oxygen atoms in total. The van der Waals surface area contributed by atoms with E-state index in [1.54, 1.807) is 24.3 Å². The van der Waals surface area contributed by atoms with Crippen LogP contribution in [0.4, 0.5) is 14.5 Å². The molecule has 0 aliphatic heterocycles. The van der Waals surface area contributed by atoms with Crippen LogP contribution < -0.4 is 5.32 Å². The number of rotatable bonds is 9. The number of halogens is 2. The van der Waals surface area contributed by atoms with Crippen LogP contribution >= 0.6 is 0 Å². The first kappa shape index (κ1) is 21.7. The van der Waals surface area contributed by atoms with Gasteiger partial charge in [-0.15, -0.1) is 0 Å². The summed E-state index contributed by atoms with van der Waals surface area (Å²) in [5, 5.41) is 13.8. The molecule has 0 aromatic heterocycles. The third-order valence-electron chi connectivity index (χ3n) is 3.80. The van der Waals surface area contributed by atoms with Crippen molar-refractivity contribution in [3.05, 3.63) is 75.6 Å². The summed E-state index contributed by atoms with van der Waals surface area (Å²) in [4.78, 5) is 10.2. The lowest BCUT2D eigenvalue weighted by Gasteiger charge is -2.15. The number of nitro groups is 1. The largest absolute Gasteiger partial charge is 0.311 e. The van der Waals surface area contributed by atoms with E-state index in [2.05, 4.69) is 5.32 Å². The molecule has 0 fully saturated rings. The third-order valence-corrected chi connectivity index (χ3v) is 3.80. The molecule has 1 unspecified atom stereocenters. The van der Waals surface area contributed by atoms with E-state index in [1.807, 2.05) is 13.8 Å². The smallest absolute Gasteiger partial charge is 0.269 e. The number of alkyl halides is 1. The number of non-ortho nitro benzene ring substituents is 1. The number of hydrogen-bond acceptors (Lipinski definition) is 3.